The Morgan fingerprint density at radius 1 is 1.33 bits per heavy atom. The molecule has 0 saturated heterocycles. The fraction of sp³-hybridized carbons (Fsp3) is 0.333. The Hall–Kier alpha value is -2.78. The molecule has 0 saturated carbocycles. The Bertz CT molecular complexity index is 733. The molecule has 1 aromatic carbocycles. The zero-order valence-corrected chi connectivity index (χ0v) is 13.7. The number of carbonyl (C=O) groups excluding carboxylic acids is 1. The largest absolute Gasteiger partial charge is 0.484 e. The van der Waals surface area contributed by atoms with Gasteiger partial charge in [0.15, 0.2) is 5.76 Å². The van der Waals surface area contributed by atoms with Crippen LogP contribution in [0.15, 0.2) is 40.8 Å². The molecule has 0 aliphatic carbocycles. The van der Waals surface area contributed by atoms with E-state index in [-0.39, 0.29) is 36.8 Å². The second-order valence-corrected chi connectivity index (χ2v) is 5.58. The van der Waals surface area contributed by atoms with Crippen LogP contribution in [0.3, 0.4) is 0 Å². The van der Waals surface area contributed by atoms with Crippen LogP contribution in [0.1, 0.15) is 35.7 Å². The smallest absolute Gasteiger partial charge is 0.287 e. The first-order valence-corrected chi connectivity index (χ1v) is 7.67. The normalized spacial score (nSPS) is 12.9. The first-order valence-electron chi connectivity index (χ1n) is 7.67. The number of hydrogen-bond donors (Lipinski definition) is 2. The molecular weight excluding hydrogens is 308 g/mol. The second-order valence-electron chi connectivity index (χ2n) is 5.58. The summed E-state index contributed by atoms with van der Waals surface area (Å²) in [6.07, 6.45) is 0. The van der Waals surface area contributed by atoms with Crippen molar-refractivity contribution in [1.29, 1.82) is 5.26 Å². The summed E-state index contributed by atoms with van der Waals surface area (Å²) >= 11 is 0. The number of aliphatic hydroxyl groups is 1. The van der Waals surface area contributed by atoms with Gasteiger partial charge in [0, 0.05) is 12.6 Å². The molecule has 2 N–H and O–H groups in total. The zero-order valence-electron chi connectivity index (χ0n) is 13.7. The molecule has 0 bridgehead atoms. The first kappa shape index (κ1) is 17.6. The van der Waals surface area contributed by atoms with Gasteiger partial charge in [-0.2, -0.15) is 5.26 Å². The molecule has 0 radical (unpaired) electrons. The Balaban J connectivity index is 1.96. The number of hydrogen-bond acceptors (Lipinski definition) is 5. The van der Waals surface area contributed by atoms with E-state index in [4.69, 9.17) is 19.5 Å². The maximum Gasteiger partial charge on any atom is 0.287 e. The number of furan rings is 1. The van der Waals surface area contributed by atoms with Crippen molar-refractivity contribution in [3.63, 3.8) is 0 Å². The molecule has 24 heavy (non-hydrogen) atoms. The van der Waals surface area contributed by atoms with E-state index in [0.717, 1.165) is 0 Å². The molecule has 0 spiro atoms. The Morgan fingerprint density at radius 2 is 2.08 bits per heavy atom. The van der Waals surface area contributed by atoms with Gasteiger partial charge < -0.3 is 19.6 Å². The van der Waals surface area contributed by atoms with Crippen molar-refractivity contribution in [2.24, 2.45) is 5.92 Å². The van der Waals surface area contributed by atoms with Gasteiger partial charge in [0.2, 0.25) is 0 Å². The quantitative estimate of drug-likeness (QED) is 0.814. The Kier molecular flexibility index (Phi) is 5.99. The summed E-state index contributed by atoms with van der Waals surface area (Å²) < 4.78 is 11.0. The van der Waals surface area contributed by atoms with Gasteiger partial charge in [-0.15, -0.1) is 0 Å². The third-order valence-corrected chi connectivity index (χ3v) is 3.76. The third kappa shape index (κ3) is 4.37. The third-order valence-electron chi connectivity index (χ3n) is 3.76. The number of nitriles is 1. The van der Waals surface area contributed by atoms with Crippen LogP contribution in [0.25, 0.3) is 0 Å². The number of nitrogens with one attached hydrogen (secondary N) is 1. The van der Waals surface area contributed by atoms with E-state index in [0.29, 0.717) is 17.1 Å². The molecule has 2 unspecified atom stereocenters. The molecule has 1 aromatic heterocycles. The minimum absolute atomic E-state index is 0.00298. The van der Waals surface area contributed by atoms with E-state index in [1.54, 1.807) is 36.4 Å². The predicted octanol–water partition coefficient (Wildman–Crippen LogP) is 2.48. The lowest BCUT2D eigenvalue weighted by atomic mass is 10.1. The maximum atomic E-state index is 12.1. The first-order chi connectivity index (χ1) is 11.5. The van der Waals surface area contributed by atoms with Gasteiger partial charge in [-0.3, -0.25) is 4.79 Å². The van der Waals surface area contributed by atoms with E-state index in [2.05, 4.69) is 11.4 Å². The summed E-state index contributed by atoms with van der Waals surface area (Å²) in [6, 6.07) is 12.0. The van der Waals surface area contributed by atoms with Gasteiger partial charge in [0.05, 0.1) is 5.56 Å². The molecule has 1 amide bonds. The molecular formula is C18H20N2O4. The molecule has 0 aliphatic heterocycles. The number of para-hydroxylation sites is 1. The van der Waals surface area contributed by atoms with Gasteiger partial charge in [-0.1, -0.05) is 19.1 Å². The number of amides is 1. The fourth-order valence-electron chi connectivity index (χ4n) is 1.99. The highest BCUT2D eigenvalue weighted by Crippen LogP contribution is 2.19. The molecule has 1 heterocycles. The number of ether oxygens (including phenoxy) is 1. The van der Waals surface area contributed by atoms with Gasteiger partial charge >= 0.3 is 0 Å². The van der Waals surface area contributed by atoms with Gasteiger partial charge in [-0.05, 0) is 37.1 Å². The molecule has 6 nitrogen and oxygen atoms in total. The summed E-state index contributed by atoms with van der Waals surface area (Å²) in [7, 11) is 0. The summed E-state index contributed by atoms with van der Waals surface area (Å²) in [4.78, 5) is 12.1. The number of rotatable bonds is 7. The SMILES string of the molecule is CC(CO)C(C)NC(=O)c1ccc(COc2ccccc2C#N)o1. The highest BCUT2D eigenvalue weighted by Gasteiger charge is 2.17. The van der Waals surface area contributed by atoms with Gasteiger partial charge in [0.25, 0.3) is 5.91 Å². The van der Waals surface area contributed by atoms with Crippen molar-refractivity contribution in [2.45, 2.75) is 26.5 Å². The maximum absolute atomic E-state index is 12.1. The van der Waals surface area contributed by atoms with Crippen LogP contribution < -0.4 is 10.1 Å². The van der Waals surface area contributed by atoms with Crippen LogP contribution in [-0.2, 0) is 6.61 Å². The monoisotopic (exact) mass is 328 g/mol. The van der Waals surface area contributed by atoms with Crippen molar-refractivity contribution in [3.8, 4) is 11.8 Å². The fourth-order valence-corrected chi connectivity index (χ4v) is 1.99. The number of carbonyl (C=O) groups is 1. The molecule has 2 atom stereocenters. The average Bonchev–Trinajstić information content (AvgIpc) is 3.08. The van der Waals surface area contributed by atoms with Gasteiger partial charge in [0.1, 0.15) is 24.2 Å². The molecule has 0 fully saturated rings. The molecule has 0 aliphatic rings. The molecule has 6 heteroatoms. The van der Waals surface area contributed by atoms with Gasteiger partial charge in [-0.25, -0.2) is 0 Å². The number of benzene rings is 1. The number of aliphatic hydroxyl groups excluding tert-OH is 1. The van der Waals surface area contributed by atoms with E-state index >= 15 is 0 Å². The average molecular weight is 328 g/mol. The zero-order chi connectivity index (χ0) is 17.5. The molecule has 2 aromatic rings. The van der Waals surface area contributed by atoms with Crippen LogP contribution in [0.4, 0.5) is 0 Å². The topological polar surface area (TPSA) is 95.5 Å². The lowest BCUT2D eigenvalue weighted by Crippen LogP contribution is -2.38. The van der Waals surface area contributed by atoms with Crippen molar-refractivity contribution >= 4 is 5.91 Å². The minimum Gasteiger partial charge on any atom is -0.484 e. The van der Waals surface area contributed by atoms with Crippen LogP contribution in [-0.4, -0.2) is 23.7 Å². The number of nitrogens with zero attached hydrogens (tertiary/aromatic N) is 1. The van der Waals surface area contributed by atoms with E-state index in [9.17, 15) is 4.79 Å². The van der Waals surface area contributed by atoms with Crippen LogP contribution >= 0.6 is 0 Å². The summed E-state index contributed by atoms with van der Waals surface area (Å²) in [6.45, 7) is 3.79. The summed E-state index contributed by atoms with van der Waals surface area (Å²) in [5, 5.41) is 20.9. The Morgan fingerprint density at radius 3 is 2.79 bits per heavy atom. The van der Waals surface area contributed by atoms with Crippen molar-refractivity contribution in [2.75, 3.05) is 6.61 Å². The molecule has 2 rings (SSSR count). The summed E-state index contributed by atoms with van der Waals surface area (Å²) in [5.41, 5.74) is 0.439. The highest BCUT2D eigenvalue weighted by atomic mass is 16.5. The van der Waals surface area contributed by atoms with E-state index < -0.39 is 0 Å². The standard InChI is InChI=1S/C18H20N2O4/c1-12(10-21)13(2)20-18(22)17-8-7-15(24-17)11-23-16-6-4-3-5-14(16)9-19/h3-8,12-13,21H,10-11H2,1-2H3,(H,20,22). The highest BCUT2D eigenvalue weighted by molar-refractivity contribution is 5.91. The predicted molar refractivity (Wildman–Crippen MR) is 87.4 cm³/mol. The second kappa shape index (κ2) is 8.18. The van der Waals surface area contributed by atoms with Crippen molar-refractivity contribution < 1.29 is 19.1 Å². The summed E-state index contributed by atoms with van der Waals surface area (Å²) in [5.74, 6) is 0.739. The van der Waals surface area contributed by atoms with Crippen LogP contribution in [0.2, 0.25) is 0 Å². The lowest BCUT2D eigenvalue weighted by molar-refractivity contribution is 0.0884. The molecule has 126 valence electrons. The van der Waals surface area contributed by atoms with Crippen LogP contribution in [0.5, 0.6) is 5.75 Å². The van der Waals surface area contributed by atoms with E-state index in [1.807, 2.05) is 13.8 Å². The Labute approximate surface area is 140 Å². The van der Waals surface area contributed by atoms with Crippen molar-refractivity contribution in [3.05, 3.63) is 53.5 Å². The lowest BCUT2D eigenvalue weighted by Gasteiger charge is -2.18. The van der Waals surface area contributed by atoms with Crippen LogP contribution in [0, 0.1) is 17.2 Å². The van der Waals surface area contributed by atoms with E-state index in [1.165, 1.54) is 0 Å². The minimum atomic E-state index is -0.341. The van der Waals surface area contributed by atoms with Crippen molar-refractivity contribution in [1.82, 2.24) is 5.32 Å².